The van der Waals surface area contributed by atoms with Gasteiger partial charge in [0.2, 0.25) is 0 Å². The summed E-state index contributed by atoms with van der Waals surface area (Å²) >= 11 is 0. The van der Waals surface area contributed by atoms with Gasteiger partial charge in [0.1, 0.15) is 5.75 Å². The van der Waals surface area contributed by atoms with Gasteiger partial charge in [-0.15, -0.1) is 0 Å². The van der Waals surface area contributed by atoms with Crippen LogP contribution in [0.3, 0.4) is 0 Å². The number of aromatic nitrogens is 3. The molecule has 0 amide bonds. The molecule has 8 heteroatoms. The number of benzene rings is 1. The van der Waals surface area contributed by atoms with Crippen molar-refractivity contribution in [2.75, 3.05) is 20.1 Å². The Morgan fingerprint density at radius 2 is 2.19 bits per heavy atom. The minimum Gasteiger partial charge on any atom is -0.453 e. The van der Waals surface area contributed by atoms with Crippen LogP contribution in [0.5, 0.6) is 11.5 Å². The summed E-state index contributed by atoms with van der Waals surface area (Å²) < 4.78 is 22.3. The number of nitrogens with one attached hydrogen (secondary N) is 1. The maximum atomic E-state index is 14.5. The predicted molar refractivity (Wildman–Crippen MR) is 118 cm³/mol. The molecule has 3 aromatic rings. The van der Waals surface area contributed by atoms with Crippen LogP contribution in [0.1, 0.15) is 24.9 Å². The van der Waals surface area contributed by atoms with Crippen molar-refractivity contribution in [3.63, 3.8) is 0 Å². The number of hydrogen-bond acceptors (Lipinski definition) is 4. The first-order valence-electron chi connectivity index (χ1n) is 10.4. The van der Waals surface area contributed by atoms with Gasteiger partial charge >= 0.3 is 0 Å². The highest BCUT2D eigenvalue weighted by Crippen LogP contribution is 2.28. The van der Waals surface area contributed by atoms with E-state index in [0.717, 1.165) is 31.0 Å². The average molecular weight is 423 g/mol. The molecular formula is C23H27FN6O. The van der Waals surface area contributed by atoms with Crippen molar-refractivity contribution in [3.8, 4) is 11.5 Å². The second-order valence-electron chi connectivity index (χ2n) is 7.75. The predicted octanol–water partition coefficient (Wildman–Crippen LogP) is 3.87. The molecule has 1 fully saturated rings. The number of halogens is 1. The number of nitrogens with zero attached hydrogens (tertiary/aromatic N) is 5. The van der Waals surface area contributed by atoms with Gasteiger partial charge in [-0.1, -0.05) is 13.0 Å². The minimum atomic E-state index is -0.412. The van der Waals surface area contributed by atoms with E-state index in [-0.39, 0.29) is 5.75 Å². The quantitative estimate of drug-likeness (QED) is 0.499. The zero-order valence-electron chi connectivity index (χ0n) is 17.8. The van der Waals surface area contributed by atoms with Crippen molar-refractivity contribution in [2.24, 2.45) is 10.9 Å². The highest BCUT2D eigenvalue weighted by atomic mass is 19.1. The van der Waals surface area contributed by atoms with E-state index in [1.54, 1.807) is 37.6 Å². The summed E-state index contributed by atoms with van der Waals surface area (Å²) in [6, 6.07) is 8.80. The van der Waals surface area contributed by atoms with Crippen LogP contribution in [-0.2, 0) is 6.54 Å². The molecule has 7 nitrogen and oxygen atoms in total. The first-order chi connectivity index (χ1) is 15.1. The standard InChI is InChI=1S/C23H27FN6O/c1-17-7-10-29(15-21(17)30-11-9-27-16-30)23(25-2)28-13-18-5-6-22(20(24)12-18)31-19-4-3-8-26-14-19/h3-6,8-9,11-12,14,16-17,21H,7,10,13,15H2,1-2H3,(H,25,28). The van der Waals surface area contributed by atoms with Gasteiger partial charge < -0.3 is 19.5 Å². The fraction of sp³-hybridized carbons (Fsp3) is 0.348. The Morgan fingerprint density at radius 1 is 1.29 bits per heavy atom. The van der Waals surface area contributed by atoms with Crippen LogP contribution in [0.2, 0.25) is 0 Å². The molecule has 0 bridgehead atoms. The van der Waals surface area contributed by atoms with Crippen molar-refractivity contribution in [1.29, 1.82) is 0 Å². The fourth-order valence-electron chi connectivity index (χ4n) is 3.88. The minimum absolute atomic E-state index is 0.175. The molecule has 1 aliphatic heterocycles. The van der Waals surface area contributed by atoms with Crippen LogP contribution < -0.4 is 10.1 Å². The Labute approximate surface area is 181 Å². The number of rotatable bonds is 5. The lowest BCUT2D eigenvalue weighted by Crippen LogP contribution is -2.48. The van der Waals surface area contributed by atoms with E-state index in [1.807, 2.05) is 24.8 Å². The molecule has 2 atom stereocenters. The lowest BCUT2D eigenvalue weighted by atomic mass is 9.93. The molecule has 0 aliphatic carbocycles. The molecule has 0 saturated carbocycles. The summed E-state index contributed by atoms with van der Waals surface area (Å²) in [4.78, 5) is 14.9. The van der Waals surface area contributed by atoms with E-state index >= 15 is 0 Å². The summed E-state index contributed by atoms with van der Waals surface area (Å²) in [6.45, 7) is 4.52. The number of pyridine rings is 1. The third-order valence-corrected chi connectivity index (χ3v) is 5.65. The van der Waals surface area contributed by atoms with Crippen LogP contribution in [0.4, 0.5) is 4.39 Å². The molecule has 4 rings (SSSR count). The molecule has 162 valence electrons. The molecule has 31 heavy (non-hydrogen) atoms. The van der Waals surface area contributed by atoms with Gasteiger partial charge in [0.05, 0.1) is 18.6 Å². The molecule has 2 unspecified atom stereocenters. The monoisotopic (exact) mass is 422 g/mol. The van der Waals surface area contributed by atoms with Crippen molar-refractivity contribution in [1.82, 2.24) is 24.8 Å². The number of likely N-dealkylation sites (tertiary alicyclic amines) is 1. The van der Waals surface area contributed by atoms with E-state index in [4.69, 9.17) is 4.74 Å². The zero-order chi connectivity index (χ0) is 21.6. The molecule has 3 heterocycles. The van der Waals surface area contributed by atoms with E-state index in [9.17, 15) is 4.39 Å². The molecule has 1 saturated heterocycles. The number of piperidine rings is 1. The van der Waals surface area contributed by atoms with Crippen molar-refractivity contribution in [2.45, 2.75) is 25.9 Å². The van der Waals surface area contributed by atoms with E-state index in [0.29, 0.717) is 24.3 Å². The molecule has 0 radical (unpaired) electrons. The van der Waals surface area contributed by atoms with E-state index in [1.165, 1.54) is 6.07 Å². The van der Waals surface area contributed by atoms with E-state index in [2.05, 4.69) is 36.7 Å². The fourth-order valence-corrected chi connectivity index (χ4v) is 3.88. The average Bonchev–Trinajstić information content (AvgIpc) is 3.32. The Hall–Kier alpha value is -3.42. The lowest BCUT2D eigenvalue weighted by Gasteiger charge is -2.39. The summed E-state index contributed by atoms with van der Waals surface area (Å²) in [5.74, 6) is 1.64. The Kier molecular flexibility index (Phi) is 6.45. The lowest BCUT2D eigenvalue weighted by molar-refractivity contribution is 0.189. The zero-order valence-corrected chi connectivity index (χ0v) is 17.8. The third-order valence-electron chi connectivity index (χ3n) is 5.65. The smallest absolute Gasteiger partial charge is 0.193 e. The van der Waals surface area contributed by atoms with Crippen molar-refractivity contribution in [3.05, 3.63) is 72.8 Å². The van der Waals surface area contributed by atoms with Gasteiger partial charge in [-0.2, -0.15) is 0 Å². The molecular weight excluding hydrogens is 395 g/mol. The number of aliphatic imine (C=N–C) groups is 1. The summed E-state index contributed by atoms with van der Waals surface area (Å²) in [6.07, 6.45) is 9.96. The normalized spacial score (nSPS) is 19.3. The van der Waals surface area contributed by atoms with Gasteiger partial charge in [0, 0.05) is 45.3 Å². The first kappa shape index (κ1) is 20.8. The van der Waals surface area contributed by atoms with Gasteiger partial charge in [-0.05, 0) is 42.2 Å². The molecule has 2 aromatic heterocycles. The number of imidazole rings is 1. The third kappa shape index (κ3) is 5.02. The SMILES string of the molecule is CN=C(NCc1ccc(Oc2cccnc2)c(F)c1)N1CCC(C)C(n2ccnc2)C1. The summed E-state index contributed by atoms with van der Waals surface area (Å²) in [5.41, 5.74) is 0.814. The second kappa shape index (κ2) is 9.59. The number of ether oxygens (including phenoxy) is 1. The van der Waals surface area contributed by atoms with Gasteiger partial charge in [0.15, 0.2) is 17.5 Å². The second-order valence-corrected chi connectivity index (χ2v) is 7.75. The Morgan fingerprint density at radius 3 is 2.90 bits per heavy atom. The van der Waals surface area contributed by atoms with Crippen LogP contribution in [0, 0.1) is 11.7 Å². The number of guanidine groups is 1. The van der Waals surface area contributed by atoms with Gasteiger partial charge in [0.25, 0.3) is 0 Å². The van der Waals surface area contributed by atoms with Crippen LogP contribution in [0.25, 0.3) is 0 Å². The summed E-state index contributed by atoms with van der Waals surface area (Å²) in [7, 11) is 1.78. The summed E-state index contributed by atoms with van der Waals surface area (Å²) in [5, 5.41) is 3.37. The van der Waals surface area contributed by atoms with Crippen molar-refractivity contribution >= 4 is 5.96 Å². The highest BCUT2D eigenvalue weighted by Gasteiger charge is 2.28. The topological polar surface area (TPSA) is 67.6 Å². The maximum absolute atomic E-state index is 14.5. The Balaban J connectivity index is 1.38. The van der Waals surface area contributed by atoms with Gasteiger partial charge in [-0.3, -0.25) is 9.98 Å². The van der Waals surface area contributed by atoms with Crippen LogP contribution in [0.15, 0.2) is 66.4 Å². The number of hydrogen-bond donors (Lipinski definition) is 1. The highest BCUT2D eigenvalue weighted by molar-refractivity contribution is 5.80. The van der Waals surface area contributed by atoms with Crippen LogP contribution >= 0.6 is 0 Å². The largest absolute Gasteiger partial charge is 0.453 e. The van der Waals surface area contributed by atoms with Crippen molar-refractivity contribution < 1.29 is 9.13 Å². The molecule has 1 aromatic carbocycles. The molecule has 0 spiro atoms. The molecule has 1 N–H and O–H groups in total. The van der Waals surface area contributed by atoms with Crippen LogP contribution in [-0.4, -0.2) is 45.5 Å². The Bertz CT molecular complexity index is 1010. The first-order valence-corrected chi connectivity index (χ1v) is 10.4. The maximum Gasteiger partial charge on any atom is 0.193 e. The molecule has 1 aliphatic rings. The van der Waals surface area contributed by atoms with Gasteiger partial charge in [-0.25, -0.2) is 9.37 Å². The van der Waals surface area contributed by atoms with E-state index < -0.39 is 5.82 Å².